The number of hydrogen-bond acceptors (Lipinski definition) is 7. The molecule has 0 saturated carbocycles. The van der Waals surface area contributed by atoms with E-state index in [1.165, 1.54) is 12.4 Å². The zero-order valence-electron chi connectivity index (χ0n) is 16.8. The van der Waals surface area contributed by atoms with E-state index in [9.17, 15) is 4.39 Å². The summed E-state index contributed by atoms with van der Waals surface area (Å²) in [7, 11) is 3.20. The summed E-state index contributed by atoms with van der Waals surface area (Å²) < 4.78 is 35.4. The third-order valence-electron chi connectivity index (χ3n) is 4.18. The normalized spacial score (nSPS) is 10.6. The largest absolute Gasteiger partial charge is 0.487 e. The van der Waals surface area contributed by atoms with Crippen molar-refractivity contribution < 1.29 is 23.3 Å². The first kappa shape index (κ1) is 21.3. The lowest BCUT2D eigenvalue weighted by Gasteiger charge is -2.15. The van der Waals surface area contributed by atoms with E-state index in [-0.39, 0.29) is 5.56 Å². The van der Waals surface area contributed by atoms with Crippen LogP contribution in [0.5, 0.6) is 11.5 Å². The molecule has 1 heterocycles. The standard InChI is InChI=1S/C22H22FN3O4/c1-4-15-11-16(5-6-18(15)23)26-22-17-12-20(29-9-7-27-2)21(30-10-8-28-3)13-19(17)24-14-25-22/h1,5-6,11-14H,7-10H2,2-3H3,(H,24,25,26). The number of rotatable bonds is 10. The summed E-state index contributed by atoms with van der Waals surface area (Å²) in [6.07, 6.45) is 6.79. The van der Waals surface area contributed by atoms with Crippen LogP contribution in [0, 0.1) is 18.2 Å². The first-order valence-corrected chi connectivity index (χ1v) is 9.21. The van der Waals surface area contributed by atoms with Crippen molar-refractivity contribution in [3.8, 4) is 23.8 Å². The molecule has 0 amide bonds. The van der Waals surface area contributed by atoms with Gasteiger partial charge in [-0.05, 0) is 24.3 Å². The Hall–Kier alpha value is -3.41. The number of nitrogens with zero attached hydrogens (tertiary/aromatic N) is 2. The molecule has 0 aliphatic heterocycles. The van der Waals surface area contributed by atoms with Crippen LogP contribution in [0.1, 0.15) is 5.56 Å². The van der Waals surface area contributed by atoms with Crippen LogP contribution >= 0.6 is 0 Å². The number of terminal acetylenes is 1. The van der Waals surface area contributed by atoms with Gasteiger partial charge >= 0.3 is 0 Å². The molecular formula is C22H22FN3O4. The fourth-order valence-electron chi connectivity index (χ4n) is 2.71. The van der Waals surface area contributed by atoms with Crippen LogP contribution in [0.3, 0.4) is 0 Å². The molecular weight excluding hydrogens is 389 g/mol. The number of methoxy groups -OCH3 is 2. The Kier molecular flexibility index (Phi) is 7.38. The third kappa shape index (κ3) is 5.14. The topological polar surface area (TPSA) is 74.7 Å². The SMILES string of the molecule is C#Cc1cc(Nc2ncnc3cc(OCCOC)c(OCCOC)cc23)ccc1F. The lowest BCUT2D eigenvalue weighted by Crippen LogP contribution is -2.09. The van der Waals surface area contributed by atoms with Gasteiger partial charge in [-0.25, -0.2) is 14.4 Å². The van der Waals surface area contributed by atoms with Gasteiger partial charge in [0.2, 0.25) is 0 Å². The first-order chi connectivity index (χ1) is 14.7. The summed E-state index contributed by atoms with van der Waals surface area (Å²) in [5.74, 6) is 3.45. The highest BCUT2D eigenvalue weighted by Crippen LogP contribution is 2.35. The van der Waals surface area contributed by atoms with E-state index in [2.05, 4.69) is 21.2 Å². The van der Waals surface area contributed by atoms with Crippen LogP contribution in [-0.4, -0.2) is 50.6 Å². The molecule has 2 aromatic carbocycles. The molecule has 0 unspecified atom stereocenters. The van der Waals surface area contributed by atoms with Crippen LogP contribution in [0.25, 0.3) is 10.9 Å². The Bertz CT molecular complexity index is 1050. The van der Waals surface area contributed by atoms with Crippen molar-refractivity contribution in [3.05, 3.63) is 48.0 Å². The van der Waals surface area contributed by atoms with Crippen molar-refractivity contribution in [2.75, 3.05) is 46.0 Å². The predicted molar refractivity (Wildman–Crippen MR) is 112 cm³/mol. The molecule has 1 N–H and O–H groups in total. The second-order valence-electron chi connectivity index (χ2n) is 6.18. The number of halogens is 1. The fraction of sp³-hybridized carbons (Fsp3) is 0.273. The third-order valence-corrected chi connectivity index (χ3v) is 4.18. The number of fused-ring (bicyclic) bond motifs is 1. The Morgan fingerprint density at radius 3 is 2.33 bits per heavy atom. The molecule has 0 radical (unpaired) electrons. The molecule has 3 rings (SSSR count). The van der Waals surface area contributed by atoms with Gasteiger partial charge in [0.05, 0.1) is 24.3 Å². The Balaban J connectivity index is 1.97. The predicted octanol–water partition coefficient (Wildman–Crippen LogP) is 3.54. The van der Waals surface area contributed by atoms with E-state index in [0.29, 0.717) is 60.3 Å². The Labute approximate surface area is 174 Å². The molecule has 0 fully saturated rings. The van der Waals surface area contributed by atoms with E-state index in [1.807, 2.05) is 0 Å². The summed E-state index contributed by atoms with van der Waals surface area (Å²) in [5.41, 5.74) is 1.42. The summed E-state index contributed by atoms with van der Waals surface area (Å²) in [4.78, 5) is 8.64. The van der Waals surface area contributed by atoms with E-state index in [4.69, 9.17) is 25.4 Å². The van der Waals surface area contributed by atoms with E-state index in [1.54, 1.807) is 38.5 Å². The van der Waals surface area contributed by atoms with Gasteiger partial charge in [0.1, 0.15) is 31.2 Å². The van der Waals surface area contributed by atoms with Gasteiger partial charge in [0, 0.05) is 31.4 Å². The van der Waals surface area contributed by atoms with Crippen LogP contribution < -0.4 is 14.8 Å². The van der Waals surface area contributed by atoms with Crippen molar-refractivity contribution in [2.45, 2.75) is 0 Å². The molecule has 0 spiro atoms. The number of nitrogens with one attached hydrogen (secondary N) is 1. The van der Waals surface area contributed by atoms with Gasteiger partial charge in [0.25, 0.3) is 0 Å². The Morgan fingerprint density at radius 2 is 1.67 bits per heavy atom. The molecule has 0 saturated heterocycles. The molecule has 156 valence electrons. The summed E-state index contributed by atoms with van der Waals surface area (Å²) in [6.45, 7) is 1.58. The molecule has 1 aromatic heterocycles. The number of hydrogen-bond donors (Lipinski definition) is 1. The molecule has 0 aliphatic carbocycles. The van der Waals surface area contributed by atoms with Gasteiger partial charge in [-0.2, -0.15) is 0 Å². The minimum absolute atomic E-state index is 0.163. The van der Waals surface area contributed by atoms with Crippen LogP contribution in [-0.2, 0) is 9.47 Å². The van der Waals surface area contributed by atoms with Crippen LogP contribution in [0.15, 0.2) is 36.7 Å². The summed E-state index contributed by atoms with van der Waals surface area (Å²) in [5, 5.41) is 3.86. The number of ether oxygens (including phenoxy) is 4. The van der Waals surface area contributed by atoms with Crippen molar-refractivity contribution in [2.24, 2.45) is 0 Å². The maximum atomic E-state index is 13.7. The summed E-state index contributed by atoms with van der Waals surface area (Å²) in [6, 6.07) is 8.00. The molecule has 30 heavy (non-hydrogen) atoms. The monoisotopic (exact) mass is 411 g/mol. The highest BCUT2D eigenvalue weighted by atomic mass is 19.1. The lowest BCUT2D eigenvalue weighted by atomic mass is 10.1. The number of benzene rings is 2. The van der Waals surface area contributed by atoms with Crippen molar-refractivity contribution in [3.63, 3.8) is 0 Å². The number of anilines is 2. The van der Waals surface area contributed by atoms with E-state index in [0.717, 1.165) is 0 Å². The van der Waals surface area contributed by atoms with Gasteiger partial charge in [-0.15, -0.1) is 6.42 Å². The highest BCUT2D eigenvalue weighted by molar-refractivity contribution is 5.93. The van der Waals surface area contributed by atoms with E-state index >= 15 is 0 Å². The molecule has 0 aliphatic rings. The zero-order valence-corrected chi connectivity index (χ0v) is 16.8. The van der Waals surface area contributed by atoms with Crippen molar-refractivity contribution >= 4 is 22.4 Å². The van der Waals surface area contributed by atoms with Crippen LogP contribution in [0.4, 0.5) is 15.9 Å². The van der Waals surface area contributed by atoms with Gasteiger partial charge in [-0.3, -0.25) is 0 Å². The van der Waals surface area contributed by atoms with Crippen molar-refractivity contribution in [1.29, 1.82) is 0 Å². The molecule has 0 bridgehead atoms. The molecule has 7 nitrogen and oxygen atoms in total. The van der Waals surface area contributed by atoms with Crippen molar-refractivity contribution in [1.82, 2.24) is 9.97 Å². The quantitative estimate of drug-likeness (QED) is 0.404. The average Bonchev–Trinajstić information content (AvgIpc) is 2.76. The Morgan fingerprint density at radius 1 is 0.967 bits per heavy atom. The second-order valence-corrected chi connectivity index (χ2v) is 6.18. The minimum Gasteiger partial charge on any atom is -0.487 e. The maximum absolute atomic E-state index is 13.7. The smallest absolute Gasteiger partial charge is 0.163 e. The molecule has 8 heteroatoms. The summed E-state index contributed by atoms with van der Waals surface area (Å²) >= 11 is 0. The lowest BCUT2D eigenvalue weighted by molar-refractivity contribution is 0.132. The van der Waals surface area contributed by atoms with Gasteiger partial charge in [0.15, 0.2) is 11.5 Å². The van der Waals surface area contributed by atoms with Crippen LogP contribution in [0.2, 0.25) is 0 Å². The van der Waals surface area contributed by atoms with E-state index < -0.39 is 5.82 Å². The second kappa shape index (κ2) is 10.4. The molecule has 0 atom stereocenters. The first-order valence-electron chi connectivity index (χ1n) is 9.21. The minimum atomic E-state index is -0.456. The zero-order chi connectivity index (χ0) is 21.3. The number of aromatic nitrogens is 2. The fourth-order valence-corrected chi connectivity index (χ4v) is 2.71. The average molecular weight is 411 g/mol. The highest BCUT2D eigenvalue weighted by Gasteiger charge is 2.13. The van der Waals surface area contributed by atoms with Gasteiger partial charge in [-0.1, -0.05) is 5.92 Å². The molecule has 3 aromatic rings. The maximum Gasteiger partial charge on any atom is 0.163 e. The van der Waals surface area contributed by atoms with Gasteiger partial charge < -0.3 is 24.3 Å².